The van der Waals surface area contributed by atoms with Gasteiger partial charge in [-0.05, 0) is 38.0 Å². The number of methoxy groups -OCH3 is 2. The summed E-state index contributed by atoms with van der Waals surface area (Å²) in [4.78, 5) is 37.4. The zero-order chi connectivity index (χ0) is 19.3. The van der Waals surface area contributed by atoms with Crippen LogP contribution in [0.1, 0.15) is 30.1 Å². The number of hydrogen-bond acceptors (Lipinski definition) is 5. The molecule has 142 valence electrons. The van der Waals surface area contributed by atoms with Crippen LogP contribution in [0.15, 0.2) is 18.2 Å². The second kappa shape index (κ2) is 8.55. The highest BCUT2D eigenvalue weighted by molar-refractivity contribution is 5.97. The van der Waals surface area contributed by atoms with Gasteiger partial charge in [-0.2, -0.15) is 0 Å². The predicted molar refractivity (Wildman–Crippen MR) is 93.4 cm³/mol. The molecule has 2 unspecified atom stereocenters. The fourth-order valence-corrected chi connectivity index (χ4v) is 2.99. The Kier molecular flexibility index (Phi) is 6.43. The molecule has 8 heteroatoms. The topological polar surface area (TPSA) is 105 Å². The minimum absolute atomic E-state index is 0.0453. The summed E-state index contributed by atoms with van der Waals surface area (Å²) in [6.45, 7) is 1.86. The van der Waals surface area contributed by atoms with Crippen LogP contribution >= 0.6 is 0 Å². The molecule has 0 spiro atoms. The van der Waals surface area contributed by atoms with Gasteiger partial charge in [0.2, 0.25) is 5.91 Å². The third kappa shape index (κ3) is 4.44. The lowest BCUT2D eigenvalue weighted by atomic mass is 9.93. The molecule has 26 heavy (non-hydrogen) atoms. The van der Waals surface area contributed by atoms with Crippen LogP contribution in [0.25, 0.3) is 0 Å². The summed E-state index contributed by atoms with van der Waals surface area (Å²) >= 11 is 0. The number of carboxylic acid groups (broad SMARTS) is 1. The van der Waals surface area contributed by atoms with Gasteiger partial charge in [-0.3, -0.25) is 14.4 Å². The van der Waals surface area contributed by atoms with Crippen LogP contribution in [0, 0.1) is 5.92 Å². The molecule has 1 aliphatic heterocycles. The summed E-state index contributed by atoms with van der Waals surface area (Å²) in [6.07, 6.45) is 1.19. The first kappa shape index (κ1) is 19.6. The Morgan fingerprint density at radius 1 is 1.19 bits per heavy atom. The van der Waals surface area contributed by atoms with Gasteiger partial charge >= 0.3 is 5.97 Å². The number of rotatable bonds is 6. The number of aliphatic carboxylic acids is 1. The van der Waals surface area contributed by atoms with Crippen molar-refractivity contribution < 1.29 is 29.0 Å². The van der Waals surface area contributed by atoms with Crippen molar-refractivity contribution in [1.29, 1.82) is 0 Å². The molecule has 0 aliphatic carbocycles. The van der Waals surface area contributed by atoms with Gasteiger partial charge in [0.15, 0.2) is 11.5 Å². The molecule has 1 fully saturated rings. The molecule has 0 bridgehead atoms. The number of amides is 2. The highest BCUT2D eigenvalue weighted by Crippen LogP contribution is 2.27. The molecule has 1 aromatic rings. The maximum absolute atomic E-state index is 12.4. The molecule has 1 aliphatic rings. The van der Waals surface area contributed by atoms with Gasteiger partial charge in [0.05, 0.1) is 26.7 Å². The van der Waals surface area contributed by atoms with Gasteiger partial charge in [-0.15, -0.1) is 0 Å². The molecule has 0 saturated carbocycles. The summed E-state index contributed by atoms with van der Waals surface area (Å²) in [5, 5.41) is 11.7. The van der Waals surface area contributed by atoms with Gasteiger partial charge in [0.25, 0.3) is 5.91 Å². The molecule has 2 amide bonds. The van der Waals surface area contributed by atoms with Crippen LogP contribution in [-0.4, -0.2) is 61.1 Å². The molecule has 2 N–H and O–H groups in total. The first-order chi connectivity index (χ1) is 12.4. The Balaban J connectivity index is 1.98. The van der Waals surface area contributed by atoms with Crippen molar-refractivity contribution in [3.8, 4) is 11.5 Å². The van der Waals surface area contributed by atoms with Crippen molar-refractivity contribution in [3.63, 3.8) is 0 Å². The van der Waals surface area contributed by atoms with E-state index in [1.165, 1.54) is 25.2 Å². The van der Waals surface area contributed by atoms with Crippen molar-refractivity contribution in [2.75, 3.05) is 27.3 Å². The first-order valence-corrected chi connectivity index (χ1v) is 8.39. The number of benzene rings is 1. The SMILES string of the molecule is COc1ccc(C(=O)NCC(=O)N2CC(C(=O)O)CCC2C)cc1OC. The third-order valence-corrected chi connectivity index (χ3v) is 4.60. The van der Waals surface area contributed by atoms with Crippen LogP contribution in [-0.2, 0) is 9.59 Å². The fraction of sp³-hybridized carbons (Fsp3) is 0.500. The number of carbonyl (C=O) groups is 3. The molecular weight excluding hydrogens is 340 g/mol. The standard InChI is InChI=1S/C18H24N2O6/c1-11-4-5-13(18(23)24)10-20(11)16(21)9-19-17(22)12-6-7-14(25-2)15(8-12)26-3/h6-8,11,13H,4-5,9-10H2,1-3H3,(H,19,22)(H,23,24). The number of carbonyl (C=O) groups excluding carboxylic acids is 2. The number of nitrogens with one attached hydrogen (secondary N) is 1. The summed E-state index contributed by atoms with van der Waals surface area (Å²) in [7, 11) is 2.97. The number of piperidine rings is 1. The fourth-order valence-electron chi connectivity index (χ4n) is 2.99. The van der Waals surface area contributed by atoms with E-state index in [1.807, 2.05) is 6.92 Å². The highest BCUT2D eigenvalue weighted by atomic mass is 16.5. The summed E-state index contributed by atoms with van der Waals surface area (Å²) in [6, 6.07) is 4.67. The molecule has 1 heterocycles. The molecule has 1 saturated heterocycles. The first-order valence-electron chi connectivity index (χ1n) is 8.39. The van der Waals surface area contributed by atoms with Crippen LogP contribution in [0.4, 0.5) is 0 Å². The summed E-state index contributed by atoms with van der Waals surface area (Å²) in [5.41, 5.74) is 0.338. The van der Waals surface area contributed by atoms with Gasteiger partial charge in [-0.25, -0.2) is 0 Å². The lowest BCUT2D eigenvalue weighted by molar-refractivity contribution is -0.146. The zero-order valence-electron chi connectivity index (χ0n) is 15.2. The van der Waals surface area contributed by atoms with E-state index < -0.39 is 17.8 Å². The monoisotopic (exact) mass is 364 g/mol. The largest absolute Gasteiger partial charge is 0.493 e. The van der Waals surface area contributed by atoms with Crippen LogP contribution in [0.3, 0.4) is 0 Å². The Hall–Kier alpha value is -2.77. The second-order valence-electron chi connectivity index (χ2n) is 6.26. The lowest BCUT2D eigenvalue weighted by Gasteiger charge is -2.36. The van der Waals surface area contributed by atoms with Crippen molar-refractivity contribution >= 4 is 17.8 Å². The van der Waals surface area contributed by atoms with Crippen LogP contribution in [0.5, 0.6) is 11.5 Å². The predicted octanol–water partition coefficient (Wildman–Crippen LogP) is 1.15. The van der Waals surface area contributed by atoms with E-state index in [9.17, 15) is 14.4 Å². The Labute approximate surface area is 152 Å². The van der Waals surface area contributed by atoms with Crippen molar-refractivity contribution in [3.05, 3.63) is 23.8 Å². The number of nitrogens with zero attached hydrogens (tertiary/aromatic N) is 1. The van der Waals surface area contributed by atoms with E-state index in [1.54, 1.807) is 12.1 Å². The maximum Gasteiger partial charge on any atom is 0.308 e. The molecule has 8 nitrogen and oxygen atoms in total. The quantitative estimate of drug-likeness (QED) is 0.784. The summed E-state index contributed by atoms with van der Waals surface area (Å²) in [5.74, 6) is -1.25. The molecule has 2 atom stereocenters. The average Bonchev–Trinajstić information content (AvgIpc) is 2.65. The normalized spacial score (nSPS) is 19.6. The van der Waals surface area contributed by atoms with E-state index in [0.29, 0.717) is 29.9 Å². The van der Waals surface area contributed by atoms with Gasteiger partial charge < -0.3 is 24.8 Å². The second-order valence-corrected chi connectivity index (χ2v) is 6.26. The molecular formula is C18H24N2O6. The summed E-state index contributed by atoms with van der Waals surface area (Å²) < 4.78 is 10.3. The molecule has 2 rings (SSSR count). The number of ether oxygens (including phenoxy) is 2. The van der Waals surface area contributed by atoms with Crippen molar-refractivity contribution in [2.24, 2.45) is 5.92 Å². The highest BCUT2D eigenvalue weighted by Gasteiger charge is 2.32. The number of carboxylic acids is 1. The van der Waals surface area contributed by atoms with Gasteiger partial charge in [0, 0.05) is 18.2 Å². The van der Waals surface area contributed by atoms with Gasteiger partial charge in [-0.1, -0.05) is 0 Å². The van der Waals surface area contributed by atoms with Gasteiger partial charge in [0.1, 0.15) is 0 Å². The Bertz CT molecular complexity index is 690. The van der Waals surface area contributed by atoms with Crippen LogP contribution in [0.2, 0.25) is 0 Å². The maximum atomic E-state index is 12.4. The van der Waals surface area contributed by atoms with Crippen molar-refractivity contribution in [2.45, 2.75) is 25.8 Å². The smallest absolute Gasteiger partial charge is 0.308 e. The average molecular weight is 364 g/mol. The zero-order valence-corrected chi connectivity index (χ0v) is 15.2. The number of hydrogen-bond donors (Lipinski definition) is 2. The molecule has 1 aromatic carbocycles. The minimum Gasteiger partial charge on any atom is -0.493 e. The van der Waals surface area contributed by atoms with Crippen molar-refractivity contribution in [1.82, 2.24) is 10.2 Å². The molecule has 0 radical (unpaired) electrons. The lowest BCUT2D eigenvalue weighted by Crippen LogP contribution is -2.50. The van der Waals surface area contributed by atoms with E-state index in [0.717, 1.165) is 0 Å². The Morgan fingerprint density at radius 3 is 2.50 bits per heavy atom. The minimum atomic E-state index is -0.899. The van der Waals surface area contributed by atoms with E-state index in [4.69, 9.17) is 14.6 Å². The van der Waals surface area contributed by atoms with E-state index >= 15 is 0 Å². The van der Waals surface area contributed by atoms with E-state index in [2.05, 4.69) is 5.32 Å². The third-order valence-electron chi connectivity index (χ3n) is 4.60. The number of likely N-dealkylation sites (tertiary alicyclic amines) is 1. The van der Waals surface area contributed by atoms with E-state index in [-0.39, 0.29) is 25.0 Å². The van der Waals surface area contributed by atoms with Crippen LogP contribution < -0.4 is 14.8 Å². The Morgan fingerprint density at radius 2 is 1.88 bits per heavy atom. The molecule has 0 aromatic heterocycles.